The van der Waals surface area contributed by atoms with Crippen molar-refractivity contribution in [2.45, 2.75) is 19.3 Å². The van der Waals surface area contributed by atoms with Gasteiger partial charge in [0.1, 0.15) is 0 Å². The molecule has 1 N–H and O–H groups in total. The second kappa shape index (κ2) is 5.64. The van der Waals surface area contributed by atoms with Gasteiger partial charge in [0.15, 0.2) is 0 Å². The van der Waals surface area contributed by atoms with E-state index in [1.54, 1.807) is 12.4 Å². The fourth-order valence-corrected chi connectivity index (χ4v) is 1.65. The fourth-order valence-electron chi connectivity index (χ4n) is 1.49. The third kappa shape index (κ3) is 3.43. The van der Waals surface area contributed by atoms with Crippen LogP contribution in [0.3, 0.4) is 0 Å². The van der Waals surface area contributed by atoms with Crippen molar-refractivity contribution in [3.8, 4) is 0 Å². The first-order chi connectivity index (χ1) is 8.28. The molecular weight excluding hydrogens is 234 g/mol. The molecule has 88 valence electrons. The van der Waals surface area contributed by atoms with E-state index in [9.17, 15) is 0 Å². The molecule has 0 unspecified atom stereocenters. The lowest BCUT2D eigenvalue weighted by Crippen LogP contribution is -2.03. The molecule has 1 heterocycles. The SMILES string of the molecule is Cc1cnc(NCc2cccc(CCl)c2)nc1. The van der Waals surface area contributed by atoms with Crippen LogP contribution in [0.25, 0.3) is 0 Å². The summed E-state index contributed by atoms with van der Waals surface area (Å²) in [6.45, 7) is 2.67. The van der Waals surface area contributed by atoms with Crippen LogP contribution in [0.15, 0.2) is 36.7 Å². The summed E-state index contributed by atoms with van der Waals surface area (Å²) < 4.78 is 0. The van der Waals surface area contributed by atoms with Crippen molar-refractivity contribution >= 4 is 17.5 Å². The highest BCUT2D eigenvalue weighted by Gasteiger charge is 1.97. The largest absolute Gasteiger partial charge is 0.350 e. The normalized spacial score (nSPS) is 10.2. The number of halogens is 1. The van der Waals surface area contributed by atoms with E-state index in [0.717, 1.165) is 11.1 Å². The topological polar surface area (TPSA) is 37.8 Å². The molecule has 4 heteroatoms. The molecule has 0 saturated heterocycles. The first kappa shape index (κ1) is 11.9. The molecule has 0 aliphatic rings. The van der Waals surface area contributed by atoms with Crippen LogP contribution in [0.5, 0.6) is 0 Å². The van der Waals surface area contributed by atoms with E-state index in [2.05, 4.69) is 27.4 Å². The van der Waals surface area contributed by atoms with E-state index in [1.807, 2.05) is 19.1 Å². The summed E-state index contributed by atoms with van der Waals surface area (Å²) in [6.07, 6.45) is 3.59. The number of alkyl halides is 1. The van der Waals surface area contributed by atoms with Crippen molar-refractivity contribution in [2.24, 2.45) is 0 Å². The molecule has 0 spiro atoms. The van der Waals surface area contributed by atoms with Gasteiger partial charge in [-0.2, -0.15) is 0 Å². The maximum atomic E-state index is 5.79. The summed E-state index contributed by atoms with van der Waals surface area (Å²) in [5.41, 5.74) is 3.35. The Labute approximate surface area is 106 Å². The summed E-state index contributed by atoms with van der Waals surface area (Å²) in [7, 11) is 0. The molecule has 3 nitrogen and oxygen atoms in total. The number of benzene rings is 1. The zero-order valence-corrected chi connectivity index (χ0v) is 10.4. The minimum atomic E-state index is 0.537. The zero-order valence-electron chi connectivity index (χ0n) is 9.65. The van der Waals surface area contributed by atoms with Gasteiger partial charge in [-0.25, -0.2) is 9.97 Å². The lowest BCUT2D eigenvalue weighted by Gasteiger charge is -2.05. The molecule has 2 rings (SSSR count). The van der Waals surface area contributed by atoms with Gasteiger partial charge in [0, 0.05) is 24.8 Å². The summed E-state index contributed by atoms with van der Waals surface area (Å²) in [5.74, 6) is 1.18. The van der Waals surface area contributed by atoms with Crippen LogP contribution in [-0.2, 0) is 12.4 Å². The van der Waals surface area contributed by atoms with Gasteiger partial charge in [0.05, 0.1) is 0 Å². The number of hydrogen-bond acceptors (Lipinski definition) is 3. The van der Waals surface area contributed by atoms with Crippen molar-refractivity contribution in [2.75, 3.05) is 5.32 Å². The standard InChI is InChI=1S/C13H14ClN3/c1-10-7-15-13(16-8-10)17-9-12-4-2-3-11(5-12)6-14/h2-5,7-8H,6,9H2,1H3,(H,15,16,17). The van der Waals surface area contributed by atoms with Gasteiger partial charge in [0.2, 0.25) is 5.95 Å². The van der Waals surface area contributed by atoms with E-state index >= 15 is 0 Å². The third-order valence-electron chi connectivity index (χ3n) is 2.38. The van der Waals surface area contributed by atoms with Crippen LogP contribution in [0, 0.1) is 6.92 Å². The molecule has 0 radical (unpaired) electrons. The molecule has 17 heavy (non-hydrogen) atoms. The van der Waals surface area contributed by atoms with Gasteiger partial charge < -0.3 is 5.32 Å². The quantitative estimate of drug-likeness (QED) is 0.844. The predicted octanol–water partition coefficient (Wildman–Crippen LogP) is 3.14. The van der Waals surface area contributed by atoms with E-state index in [4.69, 9.17) is 11.6 Å². The molecule has 1 aromatic heterocycles. The summed E-state index contributed by atoms with van der Waals surface area (Å²) in [5, 5.41) is 3.17. The number of aryl methyl sites for hydroxylation is 1. The van der Waals surface area contributed by atoms with Crippen LogP contribution >= 0.6 is 11.6 Å². The molecule has 0 fully saturated rings. The van der Waals surface area contributed by atoms with Crippen LogP contribution < -0.4 is 5.32 Å². The van der Waals surface area contributed by atoms with Gasteiger partial charge >= 0.3 is 0 Å². The monoisotopic (exact) mass is 247 g/mol. The number of nitrogens with zero attached hydrogens (tertiary/aromatic N) is 2. The first-order valence-electron chi connectivity index (χ1n) is 5.44. The van der Waals surface area contributed by atoms with Crippen LogP contribution in [-0.4, -0.2) is 9.97 Å². The molecule has 0 amide bonds. The molecule has 0 saturated carbocycles. The summed E-state index contributed by atoms with van der Waals surface area (Å²) in [6, 6.07) is 8.15. The molecule has 0 atom stereocenters. The molecule has 1 aromatic carbocycles. The van der Waals surface area contributed by atoms with Crippen LogP contribution in [0.2, 0.25) is 0 Å². The first-order valence-corrected chi connectivity index (χ1v) is 5.97. The van der Waals surface area contributed by atoms with E-state index < -0.39 is 0 Å². The Kier molecular flexibility index (Phi) is 3.94. The highest BCUT2D eigenvalue weighted by molar-refractivity contribution is 6.17. The Hall–Kier alpha value is -1.61. The maximum absolute atomic E-state index is 5.79. The number of rotatable bonds is 4. The molecule has 0 aliphatic heterocycles. The Bertz CT molecular complexity index is 482. The van der Waals surface area contributed by atoms with Gasteiger partial charge in [-0.1, -0.05) is 24.3 Å². The molecule has 0 bridgehead atoms. The molecule has 2 aromatic rings. The number of anilines is 1. The van der Waals surface area contributed by atoms with E-state index in [-0.39, 0.29) is 0 Å². The molecule has 0 aliphatic carbocycles. The van der Waals surface area contributed by atoms with Gasteiger partial charge in [-0.15, -0.1) is 11.6 Å². The Morgan fingerprint density at radius 1 is 1.18 bits per heavy atom. The number of aromatic nitrogens is 2. The number of nitrogens with one attached hydrogen (secondary N) is 1. The number of hydrogen-bond donors (Lipinski definition) is 1. The van der Waals surface area contributed by atoms with Gasteiger partial charge in [0.25, 0.3) is 0 Å². The Morgan fingerprint density at radius 3 is 2.59 bits per heavy atom. The summed E-state index contributed by atoms with van der Waals surface area (Å²) in [4.78, 5) is 8.38. The zero-order chi connectivity index (χ0) is 12.1. The molecular formula is C13H14ClN3. The maximum Gasteiger partial charge on any atom is 0.222 e. The average molecular weight is 248 g/mol. The van der Waals surface area contributed by atoms with Crippen molar-refractivity contribution < 1.29 is 0 Å². The second-order valence-corrected chi connectivity index (χ2v) is 4.16. The average Bonchev–Trinajstić information content (AvgIpc) is 2.38. The van der Waals surface area contributed by atoms with Crippen molar-refractivity contribution in [1.82, 2.24) is 9.97 Å². The predicted molar refractivity (Wildman–Crippen MR) is 70.1 cm³/mol. The van der Waals surface area contributed by atoms with Crippen LogP contribution in [0.4, 0.5) is 5.95 Å². The minimum Gasteiger partial charge on any atom is -0.350 e. The van der Waals surface area contributed by atoms with Crippen molar-refractivity contribution in [1.29, 1.82) is 0 Å². The minimum absolute atomic E-state index is 0.537. The van der Waals surface area contributed by atoms with Gasteiger partial charge in [-0.3, -0.25) is 0 Å². The smallest absolute Gasteiger partial charge is 0.222 e. The second-order valence-electron chi connectivity index (χ2n) is 3.89. The van der Waals surface area contributed by atoms with Crippen LogP contribution in [0.1, 0.15) is 16.7 Å². The lowest BCUT2D eigenvalue weighted by molar-refractivity contribution is 1.04. The Morgan fingerprint density at radius 2 is 1.88 bits per heavy atom. The summed E-state index contributed by atoms with van der Waals surface area (Å²) >= 11 is 5.79. The highest BCUT2D eigenvalue weighted by Crippen LogP contribution is 2.09. The van der Waals surface area contributed by atoms with Crippen molar-refractivity contribution in [3.05, 3.63) is 53.3 Å². The Balaban J connectivity index is 1.99. The highest BCUT2D eigenvalue weighted by atomic mass is 35.5. The lowest BCUT2D eigenvalue weighted by atomic mass is 10.1. The van der Waals surface area contributed by atoms with Crippen molar-refractivity contribution in [3.63, 3.8) is 0 Å². The fraction of sp³-hybridized carbons (Fsp3) is 0.231. The third-order valence-corrected chi connectivity index (χ3v) is 2.69. The van der Waals surface area contributed by atoms with E-state index in [1.165, 1.54) is 5.56 Å². The van der Waals surface area contributed by atoms with E-state index in [0.29, 0.717) is 18.4 Å². The van der Waals surface area contributed by atoms with Gasteiger partial charge in [-0.05, 0) is 23.6 Å².